The molecule has 7 nitrogen and oxygen atoms in total. The Labute approximate surface area is 150 Å². The summed E-state index contributed by atoms with van der Waals surface area (Å²) in [5.74, 6) is 0.379. The van der Waals surface area contributed by atoms with Gasteiger partial charge in [0.15, 0.2) is 0 Å². The molecule has 2 aromatic carbocycles. The maximum Gasteiger partial charge on any atom is 0.266 e. The molecule has 4 rings (SSSR count). The van der Waals surface area contributed by atoms with Gasteiger partial charge in [0, 0.05) is 11.3 Å². The third kappa shape index (κ3) is 2.11. The summed E-state index contributed by atoms with van der Waals surface area (Å²) >= 11 is 0. The fourth-order valence-corrected chi connectivity index (χ4v) is 3.40. The fraction of sp³-hybridized carbons (Fsp3) is 0.158. The molecule has 1 atom stereocenters. The molecule has 26 heavy (non-hydrogen) atoms. The third-order valence-electron chi connectivity index (χ3n) is 4.67. The van der Waals surface area contributed by atoms with E-state index in [4.69, 9.17) is 10.5 Å². The zero-order valence-corrected chi connectivity index (χ0v) is 14.4. The zero-order chi connectivity index (χ0) is 18.5. The minimum Gasteiger partial charge on any atom is -0.497 e. The van der Waals surface area contributed by atoms with Crippen LogP contribution >= 0.6 is 0 Å². The van der Waals surface area contributed by atoms with E-state index in [2.05, 4.69) is 10.4 Å². The molecule has 1 amide bonds. The Morgan fingerprint density at radius 1 is 1.19 bits per heavy atom. The van der Waals surface area contributed by atoms with Gasteiger partial charge in [0.2, 0.25) is 5.60 Å². The van der Waals surface area contributed by atoms with E-state index in [0.29, 0.717) is 28.4 Å². The molecule has 0 spiro atoms. The molecule has 3 aromatic rings. The summed E-state index contributed by atoms with van der Waals surface area (Å²) in [6, 6.07) is 14.2. The second-order valence-corrected chi connectivity index (χ2v) is 6.17. The van der Waals surface area contributed by atoms with Crippen molar-refractivity contribution in [1.82, 2.24) is 9.78 Å². The molecule has 4 N–H and O–H groups in total. The van der Waals surface area contributed by atoms with Gasteiger partial charge in [-0.2, -0.15) is 5.10 Å². The van der Waals surface area contributed by atoms with Gasteiger partial charge in [-0.15, -0.1) is 0 Å². The second kappa shape index (κ2) is 5.60. The number of hydrogen-bond acceptors (Lipinski definition) is 5. The Bertz CT molecular complexity index is 1010. The van der Waals surface area contributed by atoms with E-state index in [9.17, 15) is 9.90 Å². The van der Waals surface area contributed by atoms with Gasteiger partial charge in [-0.25, -0.2) is 4.68 Å². The molecule has 0 saturated carbocycles. The SMILES string of the molecule is COc1ccc(-n2nc(C)c([C@]3(O)C(=O)Nc4ccccc43)c2N)cc1. The highest BCUT2D eigenvalue weighted by Crippen LogP contribution is 2.44. The summed E-state index contributed by atoms with van der Waals surface area (Å²) in [7, 11) is 1.59. The predicted octanol–water partition coefficient (Wildman–Crippen LogP) is 1.96. The average Bonchev–Trinajstić information content (AvgIpc) is 3.09. The van der Waals surface area contributed by atoms with Gasteiger partial charge < -0.3 is 20.9 Å². The smallest absolute Gasteiger partial charge is 0.266 e. The molecule has 0 bridgehead atoms. The number of rotatable bonds is 3. The Morgan fingerprint density at radius 3 is 2.58 bits per heavy atom. The molecule has 0 fully saturated rings. The molecular weight excluding hydrogens is 332 g/mol. The number of nitrogens with zero attached hydrogens (tertiary/aromatic N) is 2. The number of nitrogens with one attached hydrogen (secondary N) is 1. The maximum atomic E-state index is 12.6. The lowest BCUT2D eigenvalue weighted by Gasteiger charge is -2.21. The molecule has 0 unspecified atom stereocenters. The summed E-state index contributed by atoms with van der Waals surface area (Å²) in [5.41, 5.74) is 6.94. The number of fused-ring (bicyclic) bond motifs is 1. The van der Waals surface area contributed by atoms with Gasteiger partial charge in [-0.1, -0.05) is 18.2 Å². The number of nitrogens with two attached hydrogens (primary N) is 1. The molecule has 0 saturated heterocycles. The predicted molar refractivity (Wildman–Crippen MR) is 97.3 cm³/mol. The lowest BCUT2D eigenvalue weighted by molar-refractivity contribution is -0.129. The number of aryl methyl sites for hydroxylation is 1. The Kier molecular flexibility index (Phi) is 3.48. The molecule has 0 aliphatic carbocycles. The standard InChI is InChI=1S/C19H18N4O3/c1-11-16(19(25)14-5-3-4-6-15(14)21-18(19)24)17(20)23(22-11)12-7-9-13(26-2)10-8-12/h3-10,25H,20H2,1-2H3,(H,21,24)/t19-/m0/s1. The van der Waals surface area contributed by atoms with Gasteiger partial charge in [0.25, 0.3) is 5.91 Å². The number of carbonyl (C=O) groups is 1. The number of carbonyl (C=O) groups excluding carboxylic acids is 1. The summed E-state index contributed by atoms with van der Waals surface area (Å²) < 4.78 is 6.67. The molecular formula is C19H18N4O3. The lowest BCUT2D eigenvalue weighted by atomic mass is 9.87. The van der Waals surface area contributed by atoms with Gasteiger partial charge in [-0.05, 0) is 37.3 Å². The summed E-state index contributed by atoms with van der Waals surface area (Å²) in [6.07, 6.45) is 0. The minimum atomic E-state index is -1.88. The average molecular weight is 350 g/mol. The highest BCUT2D eigenvalue weighted by Gasteiger charge is 2.50. The topological polar surface area (TPSA) is 102 Å². The Morgan fingerprint density at radius 2 is 1.88 bits per heavy atom. The van der Waals surface area contributed by atoms with Crippen LogP contribution in [0.1, 0.15) is 16.8 Å². The van der Waals surface area contributed by atoms with Gasteiger partial charge in [0.05, 0.1) is 24.1 Å². The Hall–Kier alpha value is -3.32. The number of nitrogen functional groups attached to an aromatic ring is 1. The van der Waals surface area contributed by atoms with Gasteiger partial charge >= 0.3 is 0 Å². The van der Waals surface area contributed by atoms with Crippen LogP contribution in [0.5, 0.6) is 5.75 Å². The first-order valence-corrected chi connectivity index (χ1v) is 8.10. The van der Waals surface area contributed by atoms with Crippen LogP contribution < -0.4 is 15.8 Å². The number of amides is 1. The van der Waals surface area contributed by atoms with Crippen LogP contribution in [0.15, 0.2) is 48.5 Å². The van der Waals surface area contributed by atoms with Crippen molar-refractivity contribution >= 4 is 17.4 Å². The first-order chi connectivity index (χ1) is 12.5. The molecule has 2 heterocycles. The van der Waals surface area contributed by atoms with Crippen molar-refractivity contribution < 1.29 is 14.6 Å². The van der Waals surface area contributed by atoms with Crippen molar-refractivity contribution in [2.45, 2.75) is 12.5 Å². The fourth-order valence-electron chi connectivity index (χ4n) is 3.40. The number of anilines is 2. The second-order valence-electron chi connectivity index (χ2n) is 6.17. The van der Waals surface area contributed by atoms with Crippen molar-refractivity contribution in [3.05, 3.63) is 65.4 Å². The van der Waals surface area contributed by atoms with E-state index < -0.39 is 11.5 Å². The molecule has 1 aliphatic rings. The van der Waals surface area contributed by atoms with E-state index in [0.717, 1.165) is 0 Å². The highest BCUT2D eigenvalue weighted by molar-refractivity contribution is 6.08. The molecule has 1 aliphatic heterocycles. The van der Waals surface area contributed by atoms with Gasteiger partial charge in [-0.3, -0.25) is 4.79 Å². The number of para-hydroxylation sites is 1. The van der Waals surface area contributed by atoms with E-state index in [-0.39, 0.29) is 11.4 Å². The maximum absolute atomic E-state index is 12.6. The highest BCUT2D eigenvalue weighted by atomic mass is 16.5. The van der Waals surface area contributed by atoms with Crippen molar-refractivity contribution in [3.8, 4) is 11.4 Å². The third-order valence-corrected chi connectivity index (χ3v) is 4.67. The summed E-state index contributed by atoms with van der Waals surface area (Å²) in [5, 5.41) is 18.5. The molecule has 132 valence electrons. The van der Waals surface area contributed by atoms with Crippen LogP contribution in [-0.2, 0) is 10.4 Å². The van der Waals surface area contributed by atoms with Crippen LogP contribution in [0, 0.1) is 6.92 Å². The number of hydrogen-bond donors (Lipinski definition) is 3. The van der Waals surface area contributed by atoms with E-state index in [1.54, 1.807) is 62.6 Å². The number of aliphatic hydroxyl groups is 1. The zero-order valence-electron chi connectivity index (χ0n) is 14.4. The number of ether oxygens (including phenoxy) is 1. The molecule has 7 heteroatoms. The molecule has 0 radical (unpaired) electrons. The first-order valence-electron chi connectivity index (χ1n) is 8.10. The largest absolute Gasteiger partial charge is 0.497 e. The van der Waals surface area contributed by atoms with Crippen LogP contribution in [0.25, 0.3) is 5.69 Å². The van der Waals surface area contributed by atoms with E-state index in [1.165, 1.54) is 4.68 Å². The van der Waals surface area contributed by atoms with Gasteiger partial charge in [0.1, 0.15) is 11.6 Å². The monoisotopic (exact) mass is 350 g/mol. The van der Waals surface area contributed by atoms with Crippen LogP contribution in [0.3, 0.4) is 0 Å². The van der Waals surface area contributed by atoms with Crippen molar-refractivity contribution in [3.63, 3.8) is 0 Å². The number of benzene rings is 2. The van der Waals surface area contributed by atoms with Crippen molar-refractivity contribution in [1.29, 1.82) is 0 Å². The van der Waals surface area contributed by atoms with E-state index >= 15 is 0 Å². The molecule has 1 aromatic heterocycles. The van der Waals surface area contributed by atoms with Crippen LogP contribution in [0.4, 0.5) is 11.5 Å². The normalized spacial score (nSPS) is 18.5. The number of methoxy groups -OCH3 is 1. The lowest BCUT2D eigenvalue weighted by Crippen LogP contribution is -2.36. The minimum absolute atomic E-state index is 0.210. The Balaban J connectivity index is 1.88. The quantitative estimate of drug-likeness (QED) is 0.670. The summed E-state index contributed by atoms with van der Waals surface area (Å²) in [4.78, 5) is 12.6. The van der Waals surface area contributed by atoms with E-state index in [1.807, 2.05) is 0 Å². The van der Waals surface area contributed by atoms with Crippen LogP contribution in [0.2, 0.25) is 0 Å². The van der Waals surface area contributed by atoms with Crippen molar-refractivity contribution in [2.75, 3.05) is 18.2 Å². The van der Waals surface area contributed by atoms with Crippen LogP contribution in [-0.4, -0.2) is 27.9 Å². The summed E-state index contributed by atoms with van der Waals surface area (Å²) in [6.45, 7) is 1.72. The first kappa shape index (κ1) is 16.2. The number of aromatic nitrogens is 2. The van der Waals surface area contributed by atoms with Crippen molar-refractivity contribution in [2.24, 2.45) is 0 Å².